The van der Waals surface area contributed by atoms with E-state index < -0.39 is 11.7 Å². The van der Waals surface area contributed by atoms with Crippen molar-refractivity contribution in [1.82, 2.24) is 0 Å². The fourth-order valence-corrected chi connectivity index (χ4v) is 3.84. The highest BCUT2D eigenvalue weighted by molar-refractivity contribution is 5.90. The molecule has 4 aromatic carbocycles. The van der Waals surface area contributed by atoms with E-state index in [1.54, 1.807) is 18.2 Å². The Kier molecular flexibility index (Phi) is 5.27. The lowest BCUT2D eigenvalue weighted by Crippen LogP contribution is -2.25. The minimum Gasteiger partial charge on any atom is -0.381 e. The van der Waals surface area contributed by atoms with Crippen LogP contribution in [0.2, 0.25) is 0 Å². The molecule has 0 amide bonds. The highest BCUT2D eigenvalue weighted by Gasteiger charge is 2.40. The van der Waals surface area contributed by atoms with Crippen LogP contribution < -0.4 is 0 Å². The molecular weight excluding hydrogens is 376 g/mol. The molecule has 1 aliphatic rings. The Morgan fingerprint density at radius 1 is 0.700 bits per heavy atom. The van der Waals surface area contributed by atoms with Gasteiger partial charge in [0.25, 0.3) is 0 Å². The third-order valence-corrected chi connectivity index (χ3v) is 5.38. The van der Waals surface area contributed by atoms with Crippen molar-refractivity contribution in [2.75, 3.05) is 0 Å². The minimum absolute atomic E-state index is 0.532. The summed E-state index contributed by atoms with van der Waals surface area (Å²) in [5, 5.41) is 21.9. The summed E-state index contributed by atoms with van der Waals surface area (Å²) in [6, 6.07) is 28.3. The summed E-state index contributed by atoms with van der Waals surface area (Å²) < 4.78 is 0. The second-order valence-corrected chi connectivity index (χ2v) is 7.16. The van der Waals surface area contributed by atoms with Gasteiger partial charge >= 0.3 is 0 Å². The fraction of sp³-hybridized carbons (Fsp3) is 0.0769. The van der Waals surface area contributed by atoms with Gasteiger partial charge < -0.3 is 15.0 Å². The van der Waals surface area contributed by atoms with Crippen molar-refractivity contribution in [2.24, 2.45) is 0 Å². The van der Waals surface area contributed by atoms with Crippen LogP contribution in [0.1, 0.15) is 22.8 Å². The number of hydrogen-bond acceptors (Lipinski definition) is 4. The molecule has 1 unspecified atom stereocenters. The molecule has 0 saturated heterocycles. The topological polar surface area (TPSA) is 74.6 Å². The van der Waals surface area contributed by atoms with E-state index in [2.05, 4.69) is 0 Å². The largest absolute Gasteiger partial charge is 0.381 e. The van der Waals surface area contributed by atoms with Crippen molar-refractivity contribution >= 4 is 23.3 Å². The quantitative estimate of drug-likeness (QED) is 0.510. The van der Waals surface area contributed by atoms with Crippen LogP contribution in [0.3, 0.4) is 0 Å². The monoisotopic (exact) mass is 396 g/mol. The van der Waals surface area contributed by atoms with E-state index in [9.17, 15) is 19.8 Å². The summed E-state index contributed by atoms with van der Waals surface area (Å²) in [5.74, 6) is 0. The van der Waals surface area contributed by atoms with E-state index in [1.807, 2.05) is 72.8 Å². The fourth-order valence-electron chi connectivity index (χ4n) is 3.84. The number of hydrogen-bond donors (Lipinski definition) is 2. The Morgan fingerprint density at radius 2 is 1.23 bits per heavy atom. The Hall–Kier alpha value is -3.60. The van der Waals surface area contributed by atoms with Gasteiger partial charge in [0.15, 0.2) is 18.2 Å². The van der Waals surface area contributed by atoms with Crippen molar-refractivity contribution in [3.05, 3.63) is 108 Å². The lowest BCUT2D eigenvalue weighted by Gasteiger charge is -2.17. The first-order valence-corrected chi connectivity index (χ1v) is 9.58. The molecule has 4 nitrogen and oxygen atoms in total. The van der Waals surface area contributed by atoms with Crippen LogP contribution in [0.25, 0.3) is 21.9 Å². The first-order valence-electron chi connectivity index (χ1n) is 9.58. The van der Waals surface area contributed by atoms with Crippen LogP contribution in [0.5, 0.6) is 0 Å². The smallest absolute Gasteiger partial charge is 0.171 e. The van der Waals surface area contributed by atoms with Crippen LogP contribution in [0.4, 0.5) is 0 Å². The zero-order chi connectivity index (χ0) is 21.1. The SMILES string of the molecule is O=CC(O)c1ccc2ccccc2c1.O=CC1(O)c2ccccc2-c2ccccc21. The number of fused-ring (bicyclic) bond motifs is 4. The Bertz CT molecular complexity index is 1180. The van der Waals surface area contributed by atoms with E-state index >= 15 is 0 Å². The zero-order valence-electron chi connectivity index (χ0n) is 16.1. The molecule has 148 valence electrons. The number of benzene rings is 4. The molecule has 1 aliphatic carbocycles. The molecule has 0 aromatic heterocycles. The lowest BCUT2D eigenvalue weighted by molar-refractivity contribution is -0.120. The highest BCUT2D eigenvalue weighted by Crippen LogP contribution is 2.45. The van der Waals surface area contributed by atoms with Crippen molar-refractivity contribution in [2.45, 2.75) is 11.7 Å². The molecule has 2 N–H and O–H groups in total. The molecule has 0 saturated carbocycles. The van der Waals surface area contributed by atoms with Crippen LogP contribution >= 0.6 is 0 Å². The van der Waals surface area contributed by atoms with Gasteiger partial charge in [-0.25, -0.2) is 0 Å². The molecule has 0 aliphatic heterocycles. The van der Waals surface area contributed by atoms with Crippen molar-refractivity contribution in [1.29, 1.82) is 0 Å². The zero-order valence-corrected chi connectivity index (χ0v) is 16.1. The molecule has 4 heteroatoms. The van der Waals surface area contributed by atoms with Crippen LogP contribution in [-0.2, 0) is 15.2 Å². The standard InChI is InChI=1S/C14H10O2.C12H10O2/c15-9-14(16)12-7-3-1-5-10(12)11-6-2-4-8-13(11)14;13-8-12(14)11-6-5-9-3-1-2-4-10(9)7-11/h1-9,16H;1-8,12,14H. The molecule has 1 atom stereocenters. The molecule has 5 rings (SSSR count). The van der Waals surface area contributed by atoms with Crippen molar-refractivity contribution < 1.29 is 19.8 Å². The summed E-state index contributed by atoms with van der Waals surface area (Å²) in [7, 11) is 0. The Labute approximate surface area is 174 Å². The molecule has 0 spiro atoms. The Morgan fingerprint density at radius 3 is 1.80 bits per heavy atom. The van der Waals surface area contributed by atoms with Gasteiger partial charge in [-0.15, -0.1) is 0 Å². The lowest BCUT2D eigenvalue weighted by atomic mass is 9.93. The minimum atomic E-state index is -1.48. The number of aliphatic hydroxyl groups is 2. The van der Waals surface area contributed by atoms with E-state index in [4.69, 9.17) is 0 Å². The summed E-state index contributed by atoms with van der Waals surface area (Å²) in [4.78, 5) is 21.6. The van der Waals surface area contributed by atoms with Gasteiger partial charge in [-0.3, -0.25) is 4.79 Å². The van der Waals surface area contributed by atoms with Gasteiger partial charge in [0.05, 0.1) is 0 Å². The number of carbonyl (C=O) groups excluding carboxylic acids is 2. The average molecular weight is 396 g/mol. The van der Waals surface area contributed by atoms with Gasteiger partial charge in [-0.05, 0) is 33.5 Å². The predicted molar refractivity (Wildman–Crippen MR) is 116 cm³/mol. The van der Waals surface area contributed by atoms with Gasteiger partial charge in [0.1, 0.15) is 6.10 Å². The van der Waals surface area contributed by atoms with E-state index in [0.717, 1.165) is 21.9 Å². The number of aldehydes is 2. The summed E-state index contributed by atoms with van der Waals surface area (Å²) >= 11 is 0. The maximum atomic E-state index is 11.2. The average Bonchev–Trinajstić information content (AvgIpc) is 3.08. The molecule has 30 heavy (non-hydrogen) atoms. The number of rotatable bonds is 3. The molecule has 0 heterocycles. The maximum Gasteiger partial charge on any atom is 0.171 e. The molecule has 4 aromatic rings. The summed E-state index contributed by atoms with van der Waals surface area (Å²) in [5.41, 5.74) is 2.38. The Balaban J connectivity index is 0.000000147. The number of carbonyl (C=O) groups is 2. The van der Waals surface area contributed by atoms with Crippen LogP contribution in [0, 0.1) is 0 Å². The predicted octanol–water partition coefficient (Wildman–Crippen LogP) is 4.17. The molecule has 0 bridgehead atoms. The van der Waals surface area contributed by atoms with Crippen molar-refractivity contribution in [3.63, 3.8) is 0 Å². The maximum absolute atomic E-state index is 11.2. The normalized spacial score (nSPS) is 14.1. The summed E-state index contributed by atoms with van der Waals surface area (Å²) in [6.45, 7) is 0. The third kappa shape index (κ3) is 3.32. The van der Waals surface area contributed by atoms with Gasteiger partial charge in [0, 0.05) is 11.1 Å². The van der Waals surface area contributed by atoms with E-state index in [1.165, 1.54) is 0 Å². The van der Waals surface area contributed by atoms with Gasteiger partial charge in [0.2, 0.25) is 0 Å². The van der Waals surface area contributed by atoms with Crippen molar-refractivity contribution in [3.8, 4) is 11.1 Å². The third-order valence-electron chi connectivity index (χ3n) is 5.38. The second-order valence-electron chi connectivity index (χ2n) is 7.16. The first kappa shape index (κ1) is 19.7. The van der Waals surface area contributed by atoms with Gasteiger partial charge in [-0.2, -0.15) is 0 Å². The van der Waals surface area contributed by atoms with Gasteiger partial charge in [-0.1, -0.05) is 84.9 Å². The van der Waals surface area contributed by atoms with E-state index in [-0.39, 0.29) is 0 Å². The molecule has 0 fully saturated rings. The van der Waals surface area contributed by atoms with Crippen LogP contribution in [0.15, 0.2) is 91.0 Å². The molecular formula is C26H20O4. The number of aliphatic hydroxyl groups excluding tert-OH is 1. The van der Waals surface area contributed by atoms with Crippen LogP contribution in [-0.4, -0.2) is 22.8 Å². The van der Waals surface area contributed by atoms with E-state index in [0.29, 0.717) is 29.3 Å². The second kappa shape index (κ2) is 8.03. The molecule has 0 radical (unpaired) electrons. The first-order chi connectivity index (χ1) is 14.6. The summed E-state index contributed by atoms with van der Waals surface area (Å²) in [6.07, 6.45) is 0.126. The highest BCUT2D eigenvalue weighted by atomic mass is 16.3.